The summed E-state index contributed by atoms with van der Waals surface area (Å²) in [6.45, 7) is 19.1. The van der Waals surface area contributed by atoms with Gasteiger partial charge in [0.25, 0.3) is 0 Å². The van der Waals surface area contributed by atoms with E-state index in [4.69, 9.17) is 0 Å². The maximum Gasteiger partial charge on any atom is 0.0168 e. The average molecular weight is 308 g/mol. The van der Waals surface area contributed by atoms with E-state index in [1.165, 1.54) is 38.6 Å². The summed E-state index contributed by atoms with van der Waals surface area (Å²) in [7, 11) is 0. The first kappa shape index (κ1) is 19.7. The third-order valence-electron chi connectivity index (χ3n) is 5.64. The fourth-order valence-electron chi connectivity index (χ4n) is 3.71. The molecule has 0 saturated heterocycles. The van der Waals surface area contributed by atoms with Crippen LogP contribution in [-0.4, -0.2) is 23.5 Å². The lowest BCUT2D eigenvalue weighted by atomic mass is 9.77. The van der Waals surface area contributed by atoms with Gasteiger partial charge < -0.3 is 0 Å². The molecule has 0 amide bonds. The van der Waals surface area contributed by atoms with Crippen LogP contribution in [0.2, 0.25) is 0 Å². The predicted molar refractivity (Wildman–Crippen MR) is 100 cm³/mol. The normalized spacial score (nSPS) is 27.0. The third-order valence-corrected chi connectivity index (χ3v) is 5.64. The Morgan fingerprint density at radius 3 is 2.05 bits per heavy atom. The molecule has 0 aliphatic carbocycles. The highest BCUT2D eigenvalue weighted by Gasteiger charge is 2.24. The highest BCUT2D eigenvalue weighted by atomic mass is 15.2. The highest BCUT2D eigenvalue weighted by Crippen LogP contribution is 2.32. The van der Waals surface area contributed by atoms with E-state index in [1.54, 1.807) is 0 Å². The van der Waals surface area contributed by atoms with Crippen LogP contribution in [0.5, 0.6) is 0 Å². The van der Waals surface area contributed by atoms with E-state index in [-0.39, 0.29) is 5.54 Å². The largest absolute Gasteiger partial charge is 0.295 e. The summed E-state index contributed by atoms with van der Waals surface area (Å²) < 4.78 is 0. The second kappa shape index (κ2) is 9.11. The summed E-state index contributed by atoms with van der Waals surface area (Å²) in [6, 6.07) is 0. The molecule has 130 valence electrons. The Morgan fingerprint density at radius 2 is 1.50 bits per heavy atom. The van der Waals surface area contributed by atoms with Crippen molar-refractivity contribution in [2.24, 2.45) is 23.7 Å². The third kappa shape index (κ3) is 6.86. The zero-order valence-corrected chi connectivity index (χ0v) is 16.4. The lowest BCUT2D eigenvalue weighted by Crippen LogP contribution is -2.42. The molecular weight excluding hydrogens is 266 g/mol. The first-order valence-electron chi connectivity index (χ1n) is 9.61. The standard InChI is InChI=1S/C21H41N/c1-17(2)19-12-9-8-10-14-22(21(5,6)7)15-11-13-20(16-19)18(3)4/h8,10,17-20H,9,11-16H2,1-7H3. The molecule has 0 aromatic heterocycles. The minimum atomic E-state index is 0.280. The summed E-state index contributed by atoms with van der Waals surface area (Å²) in [6.07, 6.45) is 11.6. The number of rotatable bonds is 2. The number of allylic oxidation sites excluding steroid dienone is 1. The van der Waals surface area contributed by atoms with Crippen LogP contribution in [0, 0.1) is 23.7 Å². The van der Waals surface area contributed by atoms with E-state index in [1.807, 2.05) is 0 Å². The van der Waals surface area contributed by atoms with Gasteiger partial charge in [0.2, 0.25) is 0 Å². The van der Waals surface area contributed by atoms with Crippen LogP contribution < -0.4 is 0 Å². The molecule has 2 atom stereocenters. The molecule has 0 fully saturated rings. The summed E-state index contributed by atoms with van der Waals surface area (Å²) >= 11 is 0. The molecule has 0 bridgehead atoms. The van der Waals surface area contributed by atoms with Gasteiger partial charge in [0.05, 0.1) is 0 Å². The van der Waals surface area contributed by atoms with Crippen molar-refractivity contribution < 1.29 is 0 Å². The summed E-state index contributed by atoms with van der Waals surface area (Å²) in [4.78, 5) is 2.64. The van der Waals surface area contributed by atoms with E-state index >= 15 is 0 Å². The molecule has 0 N–H and O–H groups in total. The molecule has 0 aromatic carbocycles. The maximum absolute atomic E-state index is 2.64. The van der Waals surface area contributed by atoms with Gasteiger partial charge in [-0.05, 0) is 83.1 Å². The fraction of sp³-hybridized carbons (Fsp3) is 0.905. The molecule has 2 unspecified atom stereocenters. The number of hydrogen-bond donors (Lipinski definition) is 0. The first-order chi connectivity index (χ1) is 10.2. The van der Waals surface area contributed by atoms with Crippen LogP contribution in [0.25, 0.3) is 0 Å². The molecule has 0 saturated carbocycles. The van der Waals surface area contributed by atoms with E-state index in [0.717, 1.165) is 30.2 Å². The van der Waals surface area contributed by atoms with Gasteiger partial charge in [-0.1, -0.05) is 39.8 Å². The second-order valence-corrected chi connectivity index (χ2v) is 9.05. The Balaban J connectivity index is 2.79. The van der Waals surface area contributed by atoms with Crippen molar-refractivity contribution in [3.05, 3.63) is 12.2 Å². The van der Waals surface area contributed by atoms with Crippen molar-refractivity contribution >= 4 is 0 Å². The predicted octanol–water partition coefficient (Wildman–Crippen LogP) is 6.15. The zero-order valence-electron chi connectivity index (χ0n) is 16.4. The molecule has 1 heteroatoms. The van der Waals surface area contributed by atoms with E-state index in [0.29, 0.717) is 0 Å². The fourth-order valence-corrected chi connectivity index (χ4v) is 3.71. The van der Waals surface area contributed by atoms with Crippen molar-refractivity contribution in [1.29, 1.82) is 0 Å². The van der Waals surface area contributed by atoms with Gasteiger partial charge in [-0.3, -0.25) is 4.90 Å². The van der Waals surface area contributed by atoms with Gasteiger partial charge in [-0.15, -0.1) is 0 Å². The van der Waals surface area contributed by atoms with Crippen LogP contribution in [0.1, 0.15) is 80.6 Å². The van der Waals surface area contributed by atoms with Crippen LogP contribution in [-0.2, 0) is 0 Å². The minimum absolute atomic E-state index is 0.280. The van der Waals surface area contributed by atoms with Crippen LogP contribution >= 0.6 is 0 Å². The second-order valence-electron chi connectivity index (χ2n) is 9.05. The molecule has 1 aliphatic rings. The van der Waals surface area contributed by atoms with Crippen LogP contribution in [0.15, 0.2) is 12.2 Å². The highest BCUT2D eigenvalue weighted by molar-refractivity contribution is 4.90. The molecule has 1 nitrogen and oxygen atoms in total. The summed E-state index contributed by atoms with van der Waals surface area (Å²) in [5, 5.41) is 0. The number of hydrogen-bond acceptors (Lipinski definition) is 1. The van der Waals surface area contributed by atoms with Gasteiger partial charge in [-0.2, -0.15) is 0 Å². The smallest absolute Gasteiger partial charge is 0.0168 e. The Labute approximate surface area is 140 Å². The molecule has 1 rings (SSSR count). The molecular formula is C21H41N. The molecule has 22 heavy (non-hydrogen) atoms. The SMILES string of the molecule is CC(C)C1CCC=CCN(C(C)(C)C)CCCC(C(C)C)C1. The van der Waals surface area contributed by atoms with E-state index in [2.05, 4.69) is 65.5 Å². The zero-order chi connectivity index (χ0) is 16.8. The Morgan fingerprint density at radius 1 is 0.909 bits per heavy atom. The van der Waals surface area contributed by atoms with E-state index < -0.39 is 0 Å². The molecule has 0 spiro atoms. The monoisotopic (exact) mass is 307 g/mol. The Bertz CT molecular complexity index is 321. The Hall–Kier alpha value is -0.300. The maximum atomic E-state index is 2.64. The topological polar surface area (TPSA) is 3.24 Å². The van der Waals surface area contributed by atoms with Crippen LogP contribution in [0.4, 0.5) is 0 Å². The van der Waals surface area contributed by atoms with Crippen molar-refractivity contribution in [2.45, 2.75) is 86.1 Å². The van der Waals surface area contributed by atoms with E-state index in [9.17, 15) is 0 Å². The molecule has 0 aromatic rings. The van der Waals surface area contributed by atoms with Gasteiger partial charge in [0.1, 0.15) is 0 Å². The van der Waals surface area contributed by atoms with Gasteiger partial charge in [0, 0.05) is 12.1 Å². The van der Waals surface area contributed by atoms with Crippen molar-refractivity contribution in [1.82, 2.24) is 4.90 Å². The van der Waals surface area contributed by atoms with Gasteiger partial charge in [-0.25, -0.2) is 0 Å². The lowest BCUT2D eigenvalue weighted by Gasteiger charge is -2.36. The Kier molecular flexibility index (Phi) is 8.17. The van der Waals surface area contributed by atoms with Crippen molar-refractivity contribution in [2.75, 3.05) is 13.1 Å². The average Bonchev–Trinajstić information content (AvgIpc) is 2.36. The molecule has 1 aliphatic heterocycles. The number of nitrogens with zero attached hydrogens (tertiary/aromatic N) is 1. The van der Waals surface area contributed by atoms with Crippen molar-refractivity contribution in [3.63, 3.8) is 0 Å². The van der Waals surface area contributed by atoms with Gasteiger partial charge in [0.15, 0.2) is 0 Å². The van der Waals surface area contributed by atoms with Gasteiger partial charge >= 0.3 is 0 Å². The summed E-state index contributed by atoms with van der Waals surface area (Å²) in [5.74, 6) is 3.44. The quantitative estimate of drug-likeness (QED) is 0.553. The minimum Gasteiger partial charge on any atom is -0.295 e. The first-order valence-corrected chi connectivity index (χ1v) is 9.61. The molecule has 1 heterocycles. The summed E-state index contributed by atoms with van der Waals surface area (Å²) in [5.41, 5.74) is 0.280. The van der Waals surface area contributed by atoms with Crippen molar-refractivity contribution in [3.8, 4) is 0 Å². The van der Waals surface area contributed by atoms with Crippen LogP contribution in [0.3, 0.4) is 0 Å². The molecule has 0 radical (unpaired) electrons. The lowest BCUT2D eigenvalue weighted by molar-refractivity contribution is 0.141.